The van der Waals surface area contributed by atoms with Gasteiger partial charge in [0, 0.05) is 0 Å². The van der Waals surface area contributed by atoms with Crippen LogP contribution in [0, 0.1) is 25.5 Å². The first kappa shape index (κ1) is 27.9. The molecule has 0 spiro atoms. The van der Waals surface area contributed by atoms with Gasteiger partial charge in [0.1, 0.15) is 11.6 Å². The van der Waals surface area contributed by atoms with Crippen LogP contribution < -0.4 is 0 Å². The monoisotopic (exact) mass is 596 g/mol. The second-order valence-corrected chi connectivity index (χ2v) is 12.1. The quantitative estimate of drug-likeness (QED) is 0.177. The summed E-state index contributed by atoms with van der Waals surface area (Å²) in [5.41, 5.74) is 10.5. The van der Waals surface area contributed by atoms with Crippen molar-refractivity contribution in [1.29, 1.82) is 0 Å². The van der Waals surface area contributed by atoms with E-state index in [4.69, 9.17) is 0 Å². The van der Waals surface area contributed by atoms with Crippen LogP contribution in [0.4, 0.5) is 8.78 Å². The molecule has 0 bridgehead atoms. The highest BCUT2D eigenvalue weighted by Crippen LogP contribution is 2.54. The molecule has 46 heavy (non-hydrogen) atoms. The van der Waals surface area contributed by atoms with E-state index in [9.17, 15) is 8.78 Å². The van der Waals surface area contributed by atoms with Crippen LogP contribution in [0.2, 0.25) is 0 Å². The van der Waals surface area contributed by atoms with Crippen molar-refractivity contribution in [3.8, 4) is 44.5 Å². The van der Waals surface area contributed by atoms with E-state index in [2.05, 4.69) is 111 Å². The predicted octanol–water partition coefficient (Wildman–Crippen LogP) is 12.7. The van der Waals surface area contributed by atoms with Crippen LogP contribution in [0.3, 0.4) is 0 Å². The van der Waals surface area contributed by atoms with Gasteiger partial charge in [-0.05, 0) is 115 Å². The lowest BCUT2D eigenvalue weighted by Crippen LogP contribution is -1.99. The highest BCUT2D eigenvalue weighted by atomic mass is 19.1. The average molecular weight is 597 g/mol. The largest absolute Gasteiger partial charge is 0.207 e. The molecule has 0 radical (unpaired) electrons. The first-order chi connectivity index (χ1) is 22.5. The molecule has 0 aliphatic heterocycles. The Labute approximate surface area is 267 Å². The first-order valence-electron chi connectivity index (χ1n) is 15.6. The maximum atomic E-state index is 14.5. The fourth-order valence-electron chi connectivity index (χ4n) is 6.99. The number of halogens is 2. The minimum atomic E-state index is -0.276. The Bertz CT molecular complexity index is 2230. The van der Waals surface area contributed by atoms with Gasteiger partial charge in [0.25, 0.3) is 0 Å². The predicted molar refractivity (Wildman–Crippen MR) is 190 cm³/mol. The van der Waals surface area contributed by atoms with Crippen LogP contribution in [0.25, 0.3) is 76.8 Å². The van der Waals surface area contributed by atoms with Crippen molar-refractivity contribution in [3.63, 3.8) is 0 Å². The van der Waals surface area contributed by atoms with Crippen LogP contribution in [0.1, 0.15) is 11.1 Å². The Morgan fingerprint density at radius 1 is 0.304 bits per heavy atom. The van der Waals surface area contributed by atoms with Gasteiger partial charge in [-0.1, -0.05) is 132 Å². The molecule has 2 heteroatoms. The van der Waals surface area contributed by atoms with Crippen molar-refractivity contribution >= 4 is 32.3 Å². The minimum Gasteiger partial charge on any atom is -0.207 e. The Hall–Kier alpha value is -5.60. The third-order valence-corrected chi connectivity index (χ3v) is 9.13. The molecule has 0 saturated heterocycles. The Morgan fingerprint density at radius 3 is 0.935 bits per heavy atom. The van der Waals surface area contributed by atoms with Gasteiger partial charge in [-0.25, -0.2) is 8.78 Å². The number of benzene rings is 8. The highest BCUT2D eigenvalue weighted by Gasteiger charge is 2.27. The molecule has 0 atom stereocenters. The number of rotatable bonds is 4. The van der Waals surface area contributed by atoms with E-state index in [0.717, 1.165) is 76.8 Å². The molecule has 0 aliphatic rings. The van der Waals surface area contributed by atoms with Gasteiger partial charge in [-0.3, -0.25) is 0 Å². The second-order valence-electron chi connectivity index (χ2n) is 12.1. The molecule has 8 rings (SSSR count). The summed E-state index contributed by atoms with van der Waals surface area (Å²) in [6.07, 6.45) is 0. The fourth-order valence-corrected chi connectivity index (χ4v) is 6.99. The van der Waals surface area contributed by atoms with Crippen molar-refractivity contribution in [2.75, 3.05) is 0 Å². The van der Waals surface area contributed by atoms with Crippen LogP contribution in [-0.2, 0) is 0 Å². The molecule has 8 aromatic rings. The molecular formula is C44H30F2. The van der Waals surface area contributed by atoms with Crippen molar-refractivity contribution in [2.45, 2.75) is 13.8 Å². The molecule has 0 amide bonds. The SMILES string of the molecule is Cc1ccc(-c2c(-c3ccc(C)cc3)c(-c3ccc(F)cc3)c3c4ccccc4c4ccccc4c3c2-c2ccc(F)cc2)cc1. The van der Waals surface area contributed by atoms with Crippen LogP contribution in [-0.4, -0.2) is 0 Å². The van der Waals surface area contributed by atoms with E-state index in [1.807, 2.05) is 24.3 Å². The molecule has 0 N–H and O–H groups in total. The summed E-state index contributed by atoms with van der Waals surface area (Å²) >= 11 is 0. The summed E-state index contributed by atoms with van der Waals surface area (Å²) in [6.45, 7) is 4.19. The van der Waals surface area contributed by atoms with Crippen molar-refractivity contribution in [3.05, 3.63) is 168 Å². The van der Waals surface area contributed by atoms with Gasteiger partial charge in [0.2, 0.25) is 0 Å². The number of hydrogen-bond donors (Lipinski definition) is 0. The lowest BCUT2D eigenvalue weighted by atomic mass is 9.76. The minimum absolute atomic E-state index is 0.276. The van der Waals surface area contributed by atoms with Crippen molar-refractivity contribution in [2.24, 2.45) is 0 Å². The summed E-state index contributed by atoms with van der Waals surface area (Å²) in [6, 6.07) is 48.1. The third-order valence-electron chi connectivity index (χ3n) is 9.13. The topological polar surface area (TPSA) is 0 Å². The third kappa shape index (κ3) is 4.57. The highest BCUT2D eigenvalue weighted by molar-refractivity contribution is 6.35. The molecule has 0 unspecified atom stereocenters. The van der Waals surface area contributed by atoms with E-state index < -0.39 is 0 Å². The lowest BCUT2D eigenvalue weighted by molar-refractivity contribution is 0.627. The summed E-state index contributed by atoms with van der Waals surface area (Å²) in [7, 11) is 0. The molecule has 220 valence electrons. The molecule has 0 aromatic heterocycles. The Kier molecular flexibility index (Phi) is 6.73. The van der Waals surface area contributed by atoms with Gasteiger partial charge >= 0.3 is 0 Å². The van der Waals surface area contributed by atoms with Gasteiger partial charge in [-0.15, -0.1) is 0 Å². The van der Waals surface area contributed by atoms with Crippen molar-refractivity contribution < 1.29 is 8.78 Å². The van der Waals surface area contributed by atoms with Crippen LogP contribution >= 0.6 is 0 Å². The van der Waals surface area contributed by atoms with Gasteiger partial charge in [-0.2, -0.15) is 0 Å². The number of hydrogen-bond acceptors (Lipinski definition) is 0. The molecule has 0 nitrogen and oxygen atoms in total. The normalized spacial score (nSPS) is 11.5. The number of aryl methyl sites for hydroxylation is 2. The fraction of sp³-hybridized carbons (Fsp3) is 0.0455. The number of fused-ring (bicyclic) bond motifs is 6. The standard InChI is InChI=1S/C44H30F2/c1-27-11-15-29(16-12-27)39-40(30-17-13-28(2)14-18-30)42(32-21-25-34(46)26-22-32)44-38-10-6-4-8-36(38)35-7-3-5-9-37(35)43(44)41(39)31-19-23-33(45)24-20-31/h3-26H,1-2H3. The van der Waals surface area contributed by atoms with Crippen LogP contribution in [0.5, 0.6) is 0 Å². The van der Waals surface area contributed by atoms with Crippen molar-refractivity contribution in [1.82, 2.24) is 0 Å². The molecule has 0 heterocycles. The van der Waals surface area contributed by atoms with Gasteiger partial charge in [0.15, 0.2) is 0 Å². The molecule has 0 fully saturated rings. The molecule has 0 saturated carbocycles. The Balaban J connectivity index is 1.75. The molecule has 0 aliphatic carbocycles. The Morgan fingerprint density at radius 2 is 0.587 bits per heavy atom. The molecule has 8 aromatic carbocycles. The van der Waals surface area contributed by atoms with E-state index in [1.165, 1.54) is 11.1 Å². The molecular weight excluding hydrogens is 566 g/mol. The summed E-state index contributed by atoms with van der Waals surface area (Å²) in [5.74, 6) is -0.552. The van der Waals surface area contributed by atoms with E-state index in [0.29, 0.717) is 0 Å². The first-order valence-corrected chi connectivity index (χ1v) is 15.6. The van der Waals surface area contributed by atoms with E-state index >= 15 is 0 Å². The van der Waals surface area contributed by atoms with Gasteiger partial charge < -0.3 is 0 Å². The van der Waals surface area contributed by atoms with E-state index in [1.54, 1.807) is 24.3 Å². The zero-order chi connectivity index (χ0) is 31.4. The maximum absolute atomic E-state index is 14.5. The van der Waals surface area contributed by atoms with Crippen LogP contribution in [0.15, 0.2) is 146 Å². The van der Waals surface area contributed by atoms with E-state index in [-0.39, 0.29) is 11.6 Å². The lowest BCUT2D eigenvalue weighted by Gasteiger charge is -2.26. The van der Waals surface area contributed by atoms with Gasteiger partial charge in [0.05, 0.1) is 0 Å². The second kappa shape index (κ2) is 11.1. The zero-order valence-corrected chi connectivity index (χ0v) is 25.6. The summed E-state index contributed by atoms with van der Waals surface area (Å²) in [4.78, 5) is 0. The summed E-state index contributed by atoms with van der Waals surface area (Å²) in [5, 5.41) is 6.71. The average Bonchev–Trinajstić information content (AvgIpc) is 3.09. The summed E-state index contributed by atoms with van der Waals surface area (Å²) < 4.78 is 29.0. The maximum Gasteiger partial charge on any atom is 0.123 e. The smallest absolute Gasteiger partial charge is 0.123 e. The zero-order valence-electron chi connectivity index (χ0n) is 25.6.